The summed E-state index contributed by atoms with van der Waals surface area (Å²) in [5.74, 6) is -3.07. The minimum atomic E-state index is -1.09. The Hall–Kier alpha value is -3.04. The number of halogens is 3. The Labute approximate surface area is 255 Å². The molecule has 3 aliphatic rings. The van der Waals surface area contributed by atoms with Gasteiger partial charge in [0.2, 0.25) is 5.91 Å². The molecule has 5 N–H and O–H groups in total. The van der Waals surface area contributed by atoms with Crippen LogP contribution in [0.5, 0.6) is 5.75 Å². The molecule has 43 heavy (non-hydrogen) atoms. The van der Waals surface area contributed by atoms with E-state index in [1.807, 2.05) is 44.2 Å². The average Bonchev–Trinajstić information content (AvgIpc) is 3.42. The van der Waals surface area contributed by atoms with Crippen molar-refractivity contribution in [2.75, 3.05) is 6.54 Å². The van der Waals surface area contributed by atoms with Crippen molar-refractivity contribution in [1.29, 1.82) is 0 Å². The minimum absolute atomic E-state index is 0.0107. The van der Waals surface area contributed by atoms with Crippen LogP contribution < -0.4 is 15.8 Å². The summed E-state index contributed by atoms with van der Waals surface area (Å²) in [6, 6.07) is 12.4. The molecular weight excluding hydrogens is 574 g/mol. The molecule has 1 amide bonds. The maximum atomic E-state index is 16.6. The second kappa shape index (κ2) is 10.8. The Morgan fingerprint density at radius 3 is 2.44 bits per heavy atom. The molecule has 6 nitrogen and oxygen atoms in total. The first-order valence-corrected chi connectivity index (χ1v) is 15.3. The van der Waals surface area contributed by atoms with Crippen LogP contribution in [0.4, 0.5) is 8.78 Å². The summed E-state index contributed by atoms with van der Waals surface area (Å²) in [6.45, 7) is 5.93. The van der Waals surface area contributed by atoms with E-state index in [1.54, 1.807) is 6.92 Å². The first-order chi connectivity index (χ1) is 20.3. The molecule has 3 aromatic carbocycles. The molecular formula is C34H37ClF2N2O4. The highest BCUT2D eigenvalue weighted by atomic mass is 35.5. The van der Waals surface area contributed by atoms with E-state index >= 15 is 8.78 Å². The van der Waals surface area contributed by atoms with Crippen molar-refractivity contribution in [3.63, 3.8) is 0 Å². The lowest BCUT2D eigenvalue weighted by atomic mass is 9.76. The fourth-order valence-corrected chi connectivity index (χ4v) is 7.59. The Morgan fingerprint density at radius 1 is 1.12 bits per heavy atom. The number of nitrogens with one attached hydrogen (secondary N) is 1. The molecule has 0 saturated heterocycles. The molecule has 1 heterocycles. The van der Waals surface area contributed by atoms with E-state index in [9.17, 15) is 15.0 Å². The number of aliphatic hydroxyl groups is 2. The molecule has 0 spiro atoms. The number of fused-ring (bicyclic) bond motifs is 2. The molecule has 0 radical (unpaired) electrons. The topological polar surface area (TPSA) is 105 Å². The maximum Gasteiger partial charge on any atom is 0.249 e. The molecule has 228 valence electrons. The molecule has 2 aliphatic carbocycles. The van der Waals surface area contributed by atoms with Gasteiger partial charge in [-0.3, -0.25) is 4.79 Å². The van der Waals surface area contributed by atoms with Gasteiger partial charge in [0.15, 0.2) is 5.60 Å². The van der Waals surface area contributed by atoms with Crippen molar-refractivity contribution in [1.82, 2.24) is 5.32 Å². The van der Waals surface area contributed by atoms with Crippen LogP contribution in [0, 0.1) is 17.6 Å². The number of rotatable bonds is 6. The second-order valence-corrected chi connectivity index (χ2v) is 13.2. The number of carbonyl (C=O) groups is 1. The summed E-state index contributed by atoms with van der Waals surface area (Å²) in [7, 11) is 0. The number of ether oxygens (including phenoxy) is 1. The van der Waals surface area contributed by atoms with Crippen molar-refractivity contribution in [2.45, 2.75) is 82.1 Å². The van der Waals surface area contributed by atoms with Gasteiger partial charge in [0.1, 0.15) is 17.4 Å². The zero-order valence-corrected chi connectivity index (χ0v) is 25.3. The molecule has 1 saturated carbocycles. The molecule has 1 fully saturated rings. The van der Waals surface area contributed by atoms with Crippen molar-refractivity contribution in [2.24, 2.45) is 11.7 Å². The third-order valence-corrected chi connectivity index (χ3v) is 10.3. The van der Waals surface area contributed by atoms with E-state index < -0.39 is 40.8 Å². The average molecular weight is 611 g/mol. The van der Waals surface area contributed by atoms with Crippen molar-refractivity contribution >= 4 is 17.5 Å². The Morgan fingerprint density at radius 2 is 1.79 bits per heavy atom. The highest BCUT2D eigenvalue weighted by Crippen LogP contribution is 2.57. The van der Waals surface area contributed by atoms with E-state index in [2.05, 4.69) is 5.32 Å². The largest absolute Gasteiger partial charge is 0.480 e. The number of carbonyl (C=O) groups excluding carboxylic acids is 1. The molecule has 1 aliphatic heterocycles. The lowest BCUT2D eigenvalue weighted by Crippen LogP contribution is -2.49. The normalized spacial score (nSPS) is 29.7. The van der Waals surface area contributed by atoms with Crippen LogP contribution in [0.25, 0.3) is 11.1 Å². The lowest BCUT2D eigenvalue weighted by molar-refractivity contribution is 0.00890. The molecule has 6 rings (SSSR count). The quantitative estimate of drug-likeness (QED) is 0.263. The van der Waals surface area contributed by atoms with Gasteiger partial charge in [0.25, 0.3) is 0 Å². The molecule has 9 heteroatoms. The van der Waals surface area contributed by atoms with Crippen molar-refractivity contribution < 1.29 is 28.5 Å². The monoisotopic (exact) mass is 610 g/mol. The Bertz CT molecular complexity index is 1590. The van der Waals surface area contributed by atoms with Crippen molar-refractivity contribution in [3.05, 3.63) is 86.9 Å². The smallest absolute Gasteiger partial charge is 0.249 e. The summed E-state index contributed by atoms with van der Waals surface area (Å²) in [5.41, 5.74) is 5.62. The van der Waals surface area contributed by atoms with E-state index in [4.69, 9.17) is 22.1 Å². The third kappa shape index (κ3) is 4.92. The van der Waals surface area contributed by atoms with Crippen LogP contribution in [-0.2, 0) is 12.0 Å². The molecule has 4 atom stereocenters. The standard InChI is InChI=1S/C34H37ClF2N2O4/c1-17-13-19-14-22(32(38)41)27(30(37)26(19)31(17)40)28-25-18(2)34(20-7-5-4-6-8-20,43-24(25)15-23(36)29(28)35)16-39-21-9-11-33(3,42)12-10-21/h4-8,14-15,17-18,21,31,39-40,42H,9-13,16H2,1-3H3,(H2,38,41)/t17?,18-,21-,31?,33-,34-/m0/s1. The van der Waals surface area contributed by atoms with Crippen LogP contribution in [-0.4, -0.2) is 34.3 Å². The van der Waals surface area contributed by atoms with Crippen molar-refractivity contribution in [3.8, 4) is 16.9 Å². The van der Waals surface area contributed by atoms with Gasteiger partial charge in [-0.1, -0.05) is 55.8 Å². The molecule has 2 unspecified atom stereocenters. The highest BCUT2D eigenvalue weighted by molar-refractivity contribution is 6.34. The molecule has 3 aromatic rings. The van der Waals surface area contributed by atoms with Gasteiger partial charge in [0.05, 0.1) is 22.3 Å². The fourth-order valence-electron chi connectivity index (χ4n) is 7.34. The number of aliphatic hydroxyl groups excluding tert-OH is 1. The van der Waals surface area contributed by atoms with Gasteiger partial charge in [-0.05, 0) is 62.1 Å². The number of nitrogens with two attached hydrogens (primary N) is 1. The molecule has 0 bridgehead atoms. The Kier molecular flexibility index (Phi) is 7.57. The summed E-state index contributed by atoms with van der Waals surface area (Å²) in [6.07, 6.45) is 2.20. The highest BCUT2D eigenvalue weighted by Gasteiger charge is 2.50. The third-order valence-electron chi connectivity index (χ3n) is 9.91. The van der Waals surface area contributed by atoms with E-state index in [0.29, 0.717) is 36.9 Å². The first-order valence-electron chi connectivity index (χ1n) is 14.9. The summed E-state index contributed by atoms with van der Waals surface area (Å²) >= 11 is 6.65. The predicted octanol–water partition coefficient (Wildman–Crippen LogP) is 6.28. The van der Waals surface area contributed by atoms with Crippen LogP contribution in [0.3, 0.4) is 0 Å². The summed E-state index contributed by atoms with van der Waals surface area (Å²) in [4.78, 5) is 12.8. The van der Waals surface area contributed by atoms with E-state index in [1.165, 1.54) is 12.1 Å². The Balaban J connectivity index is 1.51. The van der Waals surface area contributed by atoms with Crippen LogP contribution >= 0.6 is 11.6 Å². The first kappa shape index (κ1) is 30.0. The number of benzene rings is 3. The summed E-state index contributed by atoms with van der Waals surface area (Å²) < 4.78 is 38.8. The maximum absolute atomic E-state index is 16.6. The van der Waals surface area contributed by atoms with Gasteiger partial charge < -0.3 is 26.0 Å². The number of hydrogen-bond acceptors (Lipinski definition) is 5. The predicted molar refractivity (Wildman–Crippen MR) is 161 cm³/mol. The zero-order valence-electron chi connectivity index (χ0n) is 24.5. The van der Waals surface area contributed by atoms with Gasteiger partial charge in [0, 0.05) is 46.8 Å². The second-order valence-electron chi connectivity index (χ2n) is 12.9. The number of hydrogen-bond donors (Lipinski definition) is 4. The van der Waals surface area contributed by atoms with Crippen LogP contribution in [0.2, 0.25) is 5.02 Å². The van der Waals surface area contributed by atoms with Gasteiger partial charge in [-0.25, -0.2) is 8.78 Å². The van der Waals surface area contributed by atoms with Gasteiger partial charge in [-0.2, -0.15) is 0 Å². The molecule has 0 aromatic heterocycles. The number of primary amides is 1. The van der Waals surface area contributed by atoms with E-state index in [-0.39, 0.29) is 45.0 Å². The lowest BCUT2D eigenvalue weighted by Gasteiger charge is -2.38. The summed E-state index contributed by atoms with van der Waals surface area (Å²) in [5, 5.41) is 24.6. The fraction of sp³-hybridized carbons (Fsp3) is 0.441. The van der Waals surface area contributed by atoms with Crippen LogP contribution in [0.1, 0.15) is 91.1 Å². The number of amides is 1. The minimum Gasteiger partial charge on any atom is -0.480 e. The van der Waals surface area contributed by atoms with Gasteiger partial charge in [-0.15, -0.1) is 0 Å². The SMILES string of the molecule is CC1Cc2cc(C(N)=O)c(-c3c(Cl)c(F)cc4c3[C@H](C)[C@@](CN[C@H]3CC[C@](C)(O)CC3)(c3ccccc3)O4)c(F)c2C1O. The van der Waals surface area contributed by atoms with E-state index in [0.717, 1.165) is 18.4 Å². The van der Waals surface area contributed by atoms with Gasteiger partial charge >= 0.3 is 0 Å². The zero-order chi connectivity index (χ0) is 30.8. The van der Waals surface area contributed by atoms with Crippen LogP contribution in [0.15, 0.2) is 42.5 Å².